The van der Waals surface area contributed by atoms with Crippen molar-refractivity contribution in [1.82, 2.24) is 5.32 Å². The number of rotatable bonds is 4. The Balaban J connectivity index is 2.41. The highest BCUT2D eigenvalue weighted by Crippen LogP contribution is 2.24. The Hall–Kier alpha value is -0.620. The topological polar surface area (TPSA) is 83.5 Å². The zero-order chi connectivity index (χ0) is 12.3. The van der Waals surface area contributed by atoms with Crippen LogP contribution in [-0.4, -0.2) is 43.6 Å². The molecular formula is C10H19NO4S. The van der Waals surface area contributed by atoms with E-state index in [1.54, 1.807) is 0 Å². The van der Waals surface area contributed by atoms with Crippen LogP contribution < -0.4 is 5.32 Å². The molecule has 0 aromatic rings. The van der Waals surface area contributed by atoms with E-state index >= 15 is 0 Å². The average Bonchev–Trinajstić information content (AvgIpc) is 2.58. The van der Waals surface area contributed by atoms with Gasteiger partial charge in [0.2, 0.25) is 5.91 Å². The van der Waals surface area contributed by atoms with Crippen molar-refractivity contribution in [1.29, 1.82) is 0 Å². The van der Waals surface area contributed by atoms with Gasteiger partial charge >= 0.3 is 0 Å². The van der Waals surface area contributed by atoms with Gasteiger partial charge in [-0.1, -0.05) is 6.42 Å². The molecule has 0 aromatic carbocycles. The lowest BCUT2D eigenvalue weighted by atomic mass is 10.1. The van der Waals surface area contributed by atoms with Crippen molar-refractivity contribution in [2.45, 2.75) is 37.5 Å². The quantitative estimate of drug-likeness (QED) is 0.716. The van der Waals surface area contributed by atoms with Gasteiger partial charge in [0.15, 0.2) is 9.84 Å². The fraction of sp³-hybridized carbons (Fsp3) is 0.900. The Morgan fingerprint density at radius 2 is 2.12 bits per heavy atom. The fourth-order valence-electron chi connectivity index (χ4n) is 1.83. The van der Waals surface area contributed by atoms with E-state index in [4.69, 9.17) is 0 Å². The van der Waals surface area contributed by atoms with E-state index in [1.165, 1.54) is 6.92 Å². The first-order valence-electron chi connectivity index (χ1n) is 5.47. The summed E-state index contributed by atoms with van der Waals surface area (Å²) in [6, 6.07) is 0. The van der Waals surface area contributed by atoms with E-state index in [0.29, 0.717) is 6.54 Å². The molecule has 0 bridgehead atoms. The van der Waals surface area contributed by atoms with Crippen molar-refractivity contribution in [2.75, 3.05) is 12.8 Å². The van der Waals surface area contributed by atoms with Crippen molar-refractivity contribution < 1.29 is 18.3 Å². The second-order valence-electron chi connectivity index (χ2n) is 4.48. The first kappa shape index (κ1) is 13.4. The number of hydrogen-bond acceptors (Lipinski definition) is 4. The lowest BCUT2D eigenvalue weighted by Gasteiger charge is -2.16. The first-order valence-corrected chi connectivity index (χ1v) is 7.42. The summed E-state index contributed by atoms with van der Waals surface area (Å²) >= 11 is 0. The summed E-state index contributed by atoms with van der Waals surface area (Å²) in [4.78, 5) is 11.5. The molecule has 0 spiro atoms. The van der Waals surface area contributed by atoms with Crippen molar-refractivity contribution in [3.05, 3.63) is 0 Å². The zero-order valence-electron chi connectivity index (χ0n) is 9.64. The van der Waals surface area contributed by atoms with Gasteiger partial charge in [-0.25, -0.2) is 8.42 Å². The summed E-state index contributed by atoms with van der Waals surface area (Å²) in [6.45, 7) is 1.73. The van der Waals surface area contributed by atoms with Gasteiger partial charge in [0.1, 0.15) is 5.25 Å². The normalized spacial score (nSPS) is 27.7. The van der Waals surface area contributed by atoms with Crippen molar-refractivity contribution >= 4 is 15.7 Å². The summed E-state index contributed by atoms with van der Waals surface area (Å²) in [7, 11) is -3.34. The molecule has 94 valence electrons. The Kier molecular flexibility index (Phi) is 4.32. The zero-order valence-corrected chi connectivity index (χ0v) is 10.5. The minimum Gasteiger partial charge on any atom is -0.393 e. The fourth-order valence-corrected chi connectivity index (χ4v) is 2.30. The van der Waals surface area contributed by atoms with Crippen LogP contribution in [0.4, 0.5) is 0 Å². The van der Waals surface area contributed by atoms with Crippen LogP contribution in [0.5, 0.6) is 0 Å². The van der Waals surface area contributed by atoms with Crippen molar-refractivity contribution in [3.8, 4) is 0 Å². The van der Waals surface area contributed by atoms with E-state index in [-0.39, 0.29) is 12.0 Å². The number of aliphatic hydroxyl groups excluding tert-OH is 1. The Bertz CT molecular complexity index is 352. The number of amides is 1. The lowest BCUT2D eigenvalue weighted by molar-refractivity contribution is -0.120. The largest absolute Gasteiger partial charge is 0.393 e. The maximum absolute atomic E-state index is 11.5. The molecule has 5 nitrogen and oxygen atoms in total. The molecule has 2 N–H and O–H groups in total. The minimum absolute atomic E-state index is 0.0655. The van der Waals surface area contributed by atoms with Crippen LogP contribution in [0.3, 0.4) is 0 Å². The number of sulfone groups is 1. The summed E-state index contributed by atoms with van der Waals surface area (Å²) in [5.74, 6) is -0.419. The highest BCUT2D eigenvalue weighted by molar-refractivity contribution is 7.92. The molecule has 6 heteroatoms. The lowest BCUT2D eigenvalue weighted by Crippen LogP contribution is -2.40. The van der Waals surface area contributed by atoms with Crippen LogP contribution in [0, 0.1) is 5.92 Å². The van der Waals surface area contributed by atoms with Gasteiger partial charge < -0.3 is 10.4 Å². The third-order valence-electron chi connectivity index (χ3n) is 3.17. The molecule has 1 aliphatic rings. The predicted molar refractivity (Wildman–Crippen MR) is 60.7 cm³/mol. The van der Waals surface area contributed by atoms with Crippen LogP contribution in [0.1, 0.15) is 26.2 Å². The Labute approximate surface area is 96.1 Å². The van der Waals surface area contributed by atoms with Crippen LogP contribution in [0.2, 0.25) is 0 Å². The maximum Gasteiger partial charge on any atom is 0.238 e. The van der Waals surface area contributed by atoms with Gasteiger partial charge in [0, 0.05) is 18.7 Å². The molecule has 1 aliphatic carbocycles. The van der Waals surface area contributed by atoms with E-state index in [9.17, 15) is 18.3 Å². The second kappa shape index (κ2) is 5.14. The number of aliphatic hydroxyl groups is 1. The van der Waals surface area contributed by atoms with Crippen LogP contribution in [0.15, 0.2) is 0 Å². The predicted octanol–water partition coefficient (Wildman–Crippen LogP) is -0.303. The second-order valence-corrected chi connectivity index (χ2v) is 6.84. The van der Waals surface area contributed by atoms with Gasteiger partial charge in [0.05, 0.1) is 6.10 Å². The highest BCUT2D eigenvalue weighted by Gasteiger charge is 2.28. The molecule has 3 unspecified atom stereocenters. The third-order valence-corrected chi connectivity index (χ3v) is 4.67. The van der Waals surface area contributed by atoms with Crippen LogP contribution in [-0.2, 0) is 14.6 Å². The molecule has 0 aromatic heterocycles. The number of hydrogen-bond donors (Lipinski definition) is 2. The van der Waals surface area contributed by atoms with Gasteiger partial charge in [-0.2, -0.15) is 0 Å². The molecule has 3 atom stereocenters. The summed E-state index contributed by atoms with van der Waals surface area (Å²) in [6.07, 6.45) is 3.29. The first-order chi connectivity index (χ1) is 7.32. The van der Waals surface area contributed by atoms with Gasteiger partial charge in [0.25, 0.3) is 0 Å². The molecule has 0 aliphatic heterocycles. The molecular weight excluding hydrogens is 230 g/mol. The number of carbonyl (C=O) groups excluding carboxylic acids is 1. The molecule has 1 fully saturated rings. The van der Waals surface area contributed by atoms with Crippen LogP contribution >= 0.6 is 0 Å². The smallest absolute Gasteiger partial charge is 0.238 e. The maximum atomic E-state index is 11.5. The molecule has 16 heavy (non-hydrogen) atoms. The third kappa shape index (κ3) is 3.45. The highest BCUT2D eigenvalue weighted by atomic mass is 32.2. The van der Waals surface area contributed by atoms with Gasteiger partial charge in [-0.15, -0.1) is 0 Å². The number of carbonyl (C=O) groups is 1. The monoisotopic (exact) mass is 249 g/mol. The molecule has 0 radical (unpaired) electrons. The Morgan fingerprint density at radius 1 is 1.50 bits per heavy atom. The SMILES string of the molecule is CC(C(=O)NCC1CCCC1O)S(C)(=O)=O. The molecule has 1 saturated carbocycles. The van der Waals surface area contributed by atoms with E-state index in [1.807, 2.05) is 0 Å². The van der Waals surface area contributed by atoms with E-state index in [0.717, 1.165) is 25.5 Å². The summed E-state index contributed by atoms with van der Waals surface area (Å²) < 4.78 is 22.2. The summed E-state index contributed by atoms with van der Waals surface area (Å²) in [5, 5.41) is 11.1. The molecule has 0 saturated heterocycles. The molecule has 1 rings (SSSR count). The summed E-state index contributed by atoms with van der Waals surface area (Å²) in [5.41, 5.74) is 0. The van der Waals surface area contributed by atoms with Gasteiger partial charge in [-0.3, -0.25) is 4.79 Å². The Morgan fingerprint density at radius 3 is 2.56 bits per heavy atom. The standard InChI is InChI=1S/C10H19NO4S/c1-7(16(2,14)15)10(13)11-6-8-4-3-5-9(8)12/h7-9,12H,3-6H2,1-2H3,(H,11,13). The van der Waals surface area contributed by atoms with Crippen molar-refractivity contribution in [3.63, 3.8) is 0 Å². The minimum atomic E-state index is -3.34. The van der Waals surface area contributed by atoms with E-state index < -0.39 is 21.0 Å². The molecule has 0 heterocycles. The number of nitrogens with one attached hydrogen (secondary N) is 1. The molecule has 1 amide bonds. The van der Waals surface area contributed by atoms with Crippen molar-refractivity contribution in [2.24, 2.45) is 5.92 Å². The van der Waals surface area contributed by atoms with E-state index in [2.05, 4.69) is 5.32 Å². The van der Waals surface area contributed by atoms with Gasteiger partial charge in [-0.05, 0) is 19.8 Å². The van der Waals surface area contributed by atoms with Crippen LogP contribution in [0.25, 0.3) is 0 Å². The average molecular weight is 249 g/mol.